The molecule has 0 spiro atoms. The third-order valence-corrected chi connectivity index (χ3v) is 3.40. The Morgan fingerprint density at radius 3 is 2.82 bits per heavy atom. The minimum absolute atomic E-state index is 0.624. The molecule has 2 heteroatoms. The number of nitrogens with zero attached hydrogens (tertiary/aromatic N) is 1. The topological polar surface area (TPSA) is 3.24 Å². The highest BCUT2D eigenvalue weighted by Crippen LogP contribution is 2.28. The average Bonchev–Trinajstić information content (AvgIpc) is 2.69. The van der Waals surface area contributed by atoms with Gasteiger partial charge in [0.15, 0.2) is 0 Å². The number of allylic oxidation sites excluding steroid dienone is 5. The van der Waals surface area contributed by atoms with E-state index < -0.39 is 0 Å². The zero-order valence-corrected chi connectivity index (χ0v) is 11.7. The molecule has 0 aliphatic carbocycles. The van der Waals surface area contributed by atoms with Crippen molar-refractivity contribution in [2.45, 2.75) is 46.5 Å². The van der Waals surface area contributed by atoms with Crippen LogP contribution in [0.4, 0.5) is 0 Å². The van der Waals surface area contributed by atoms with E-state index in [0.717, 1.165) is 20.3 Å². The van der Waals surface area contributed by atoms with Gasteiger partial charge in [0.25, 0.3) is 0 Å². The fourth-order valence-corrected chi connectivity index (χ4v) is 2.15. The van der Waals surface area contributed by atoms with Gasteiger partial charge in [0.1, 0.15) is 0 Å². The van der Waals surface area contributed by atoms with Crippen LogP contribution >= 0.6 is 0 Å². The minimum Gasteiger partial charge on any atom is -0.421 e. The second-order valence-electron chi connectivity index (χ2n) is 4.74. The van der Waals surface area contributed by atoms with Crippen molar-refractivity contribution in [1.82, 2.24) is 4.81 Å². The quantitative estimate of drug-likeness (QED) is 0.511. The molecule has 0 aromatic carbocycles. The van der Waals surface area contributed by atoms with Gasteiger partial charge in [0, 0.05) is 6.04 Å². The summed E-state index contributed by atoms with van der Waals surface area (Å²) < 4.78 is 0. The van der Waals surface area contributed by atoms with Gasteiger partial charge >= 0.3 is 0 Å². The largest absolute Gasteiger partial charge is 0.421 e. The lowest BCUT2D eigenvalue weighted by atomic mass is 9.95. The Bertz CT molecular complexity index is 363. The van der Waals surface area contributed by atoms with Crippen molar-refractivity contribution >= 4 is 7.41 Å². The van der Waals surface area contributed by atoms with Gasteiger partial charge in [-0.15, -0.1) is 0 Å². The van der Waals surface area contributed by atoms with Gasteiger partial charge < -0.3 is 4.81 Å². The zero-order valence-electron chi connectivity index (χ0n) is 11.7. The molecule has 0 saturated heterocycles. The highest BCUT2D eigenvalue weighted by atomic mass is 15.1. The first-order chi connectivity index (χ1) is 8.12. The summed E-state index contributed by atoms with van der Waals surface area (Å²) in [5.74, 6) is 0. The van der Waals surface area contributed by atoms with Gasteiger partial charge in [-0.2, -0.15) is 0 Å². The molecule has 0 aromatic rings. The molecule has 1 heterocycles. The minimum atomic E-state index is 0.624. The van der Waals surface area contributed by atoms with Gasteiger partial charge in [0.2, 0.25) is 7.41 Å². The van der Waals surface area contributed by atoms with E-state index in [1.165, 1.54) is 16.7 Å². The first-order valence-electron chi connectivity index (χ1n) is 6.59. The summed E-state index contributed by atoms with van der Waals surface area (Å²) in [6.45, 7) is 12.7. The Morgan fingerprint density at radius 2 is 2.35 bits per heavy atom. The van der Waals surface area contributed by atoms with Gasteiger partial charge in [0.05, 0.1) is 0 Å². The number of hydrogen-bond donors (Lipinski definition) is 0. The van der Waals surface area contributed by atoms with E-state index in [4.69, 9.17) is 0 Å². The van der Waals surface area contributed by atoms with Crippen molar-refractivity contribution in [2.75, 3.05) is 0 Å². The van der Waals surface area contributed by atoms with Crippen LogP contribution in [0.1, 0.15) is 33.6 Å². The summed E-state index contributed by atoms with van der Waals surface area (Å²) in [5, 5.41) is 0. The van der Waals surface area contributed by atoms with Crippen molar-refractivity contribution in [1.29, 1.82) is 0 Å². The van der Waals surface area contributed by atoms with Crippen LogP contribution < -0.4 is 0 Å². The Kier molecular flexibility index (Phi) is 5.34. The second-order valence-corrected chi connectivity index (χ2v) is 4.74. The molecule has 92 valence electrons. The van der Waals surface area contributed by atoms with E-state index in [0.29, 0.717) is 6.04 Å². The van der Waals surface area contributed by atoms with Crippen LogP contribution in [-0.2, 0) is 0 Å². The highest BCUT2D eigenvalue weighted by molar-refractivity contribution is 6.30. The van der Waals surface area contributed by atoms with Crippen LogP contribution in [0.3, 0.4) is 0 Å². The molecule has 1 aliphatic heterocycles. The van der Waals surface area contributed by atoms with E-state index in [1.807, 2.05) is 6.08 Å². The van der Waals surface area contributed by atoms with Gasteiger partial charge in [-0.05, 0) is 44.0 Å². The van der Waals surface area contributed by atoms with Crippen LogP contribution in [-0.4, -0.2) is 18.3 Å². The van der Waals surface area contributed by atoms with Crippen molar-refractivity contribution in [3.8, 4) is 0 Å². The van der Waals surface area contributed by atoms with E-state index in [2.05, 4.69) is 57.3 Å². The summed E-state index contributed by atoms with van der Waals surface area (Å²) in [5.41, 5.74) is 4.18. The molecule has 0 bridgehead atoms. The molecular weight excluding hydrogens is 205 g/mol. The Morgan fingerprint density at radius 1 is 1.65 bits per heavy atom. The first-order valence-corrected chi connectivity index (χ1v) is 6.59. The molecule has 1 unspecified atom stereocenters. The molecule has 0 amide bonds. The van der Waals surface area contributed by atoms with E-state index >= 15 is 0 Å². The predicted molar refractivity (Wildman–Crippen MR) is 79.3 cm³/mol. The Labute approximate surface area is 107 Å². The van der Waals surface area contributed by atoms with Crippen LogP contribution in [0.2, 0.25) is 6.82 Å². The van der Waals surface area contributed by atoms with E-state index in [9.17, 15) is 0 Å². The molecule has 0 saturated carbocycles. The lowest BCUT2D eigenvalue weighted by Crippen LogP contribution is -2.25. The maximum atomic E-state index is 3.82. The van der Waals surface area contributed by atoms with Crippen LogP contribution in [0.15, 0.2) is 47.7 Å². The third-order valence-electron chi connectivity index (χ3n) is 3.40. The van der Waals surface area contributed by atoms with Crippen molar-refractivity contribution < 1.29 is 0 Å². The average molecular weight is 229 g/mol. The molecule has 0 aromatic heterocycles. The molecular formula is C15H24BN. The van der Waals surface area contributed by atoms with Crippen molar-refractivity contribution in [3.05, 3.63) is 47.7 Å². The highest BCUT2D eigenvalue weighted by Gasteiger charge is 2.20. The monoisotopic (exact) mass is 229 g/mol. The maximum absolute atomic E-state index is 3.82. The third kappa shape index (κ3) is 3.66. The molecule has 0 N–H and O–H groups in total. The summed E-state index contributed by atoms with van der Waals surface area (Å²) in [7, 11) is 1.09. The maximum Gasteiger partial charge on any atom is 0.232 e. The van der Waals surface area contributed by atoms with E-state index in [-0.39, 0.29) is 0 Å². The Hall–Kier alpha value is -1.18. The molecule has 1 nitrogen and oxygen atoms in total. The summed E-state index contributed by atoms with van der Waals surface area (Å²) in [4.78, 5) is 2.40. The van der Waals surface area contributed by atoms with E-state index in [1.54, 1.807) is 0 Å². The number of hydrogen-bond acceptors (Lipinski definition) is 1. The van der Waals surface area contributed by atoms with Crippen LogP contribution in [0, 0.1) is 0 Å². The first kappa shape index (κ1) is 13.9. The van der Waals surface area contributed by atoms with Gasteiger partial charge in [-0.3, -0.25) is 0 Å². The predicted octanol–water partition coefficient (Wildman–Crippen LogP) is 3.83. The molecule has 17 heavy (non-hydrogen) atoms. The molecule has 0 fully saturated rings. The van der Waals surface area contributed by atoms with Crippen molar-refractivity contribution in [2.24, 2.45) is 0 Å². The smallest absolute Gasteiger partial charge is 0.232 e. The summed E-state index contributed by atoms with van der Waals surface area (Å²) in [6.07, 6.45) is 10.8. The molecule has 1 rings (SSSR count). The molecule has 1 atom stereocenters. The second kappa shape index (κ2) is 6.53. The fourth-order valence-electron chi connectivity index (χ4n) is 2.15. The summed E-state index contributed by atoms with van der Waals surface area (Å²) in [6, 6.07) is 0.624. The SMILES string of the molecule is C=C/C=C(\C=C(\C)CC)C1=CN(BC)C(C)C1. The van der Waals surface area contributed by atoms with Gasteiger partial charge in [-0.25, -0.2) is 0 Å². The van der Waals surface area contributed by atoms with Gasteiger partial charge in [-0.1, -0.05) is 44.1 Å². The zero-order chi connectivity index (χ0) is 12.8. The van der Waals surface area contributed by atoms with Crippen LogP contribution in [0.25, 0.3) is 0 Å². The standard InChI is InChI=1S/C15H24BN/c1-6-8-14(9-12(3)7-2)15-10-13(4)17(11-15)16-5/h6,8-9,11,13,16H,1,7,10H2,2-5H3/b12-9-,14-8+. The lowest BCUT2D eigenvalue weighted by Gasteiger charge is -2.18. The summed E-state index contributed by atoms with van der Waals surface area (Å²) >= 11 is 0. The normalized spacial score (nSPS) is 21.5. The molecule has 1 aliphatic rings. The number of rotatable bonds is 5. The lowest BCUT2D eigenvalue weighted by molar-refractivity contribution is 0.488. The van der Waals surface area contributed by atoms with Crippen LogP contribution in [0.5, 0.6) is 0 Å². The molecule has 0 radical (unpaired) electrons. The van der Waals surface area contributed by atoms with Crippen molar-refractivity contribution in [3.63, 3.8) is 0 Å². The Balaban J connectivity index is 2.95. The fraction of sp³-hybridized carbons (Fsp3) is 0.467.